The minimum atomic E-state index is -0.551. The van der Waals surface area contributed by atoms with Crippen LogP contribution < -0.4 is 15.4 Å². The summed E-state index contributed by atoms with van der Waals surface area (Å²) in [5.41, 5.74) is 4.66. The van der Waals surface area contributed by atoms with Gasteiger partial charge in [0.1, 0.15) is 23.6 Å². The Morgan fingerprint density at radius 1 is 1.07 bits per heavy atom. The lowest BCUT2D eigenvalue weighted by molar-refractivity contribution is -0.136. The smallest absolute Gasteiger partial charge is 0.251 e. The molecule has 2 aromatic carbocycles. The summed E-state index contributed by atoms with van der Waals surface area (Å²) in [4.78, 5) is 39.6. The molecule has 0 spiro atoms. The fourth-order valence-electron chi connectivity index (χ4n) is 5.41. The van der Waals surface area contributed by atoms with E-state index in [-0.39, 0.29) is 36.7 Å². The zero-order valence-corrected chi connectivity index (χ0v) is 24.8. The topological polar surface area (TPSA) is 118 Å². The minimum Gasteiger partial charge on any atom is -0.490 e. The summed E-state index contributed by atoms with van der Waals surface area (Å²) in [6.45, 7) is 4.93. The average molecular weight is 599 g/mol. The van der Waals surface area contributed by atoms with Crippen LogP contribution in [0.1, 0.15) is 47.7 Å². The summed E-state index contributed by atoms with van der Waals surface area (Å²) in [6, 6.07) is 17.7. The van der Waals surface area contributed by atoms with Crippen LogP contribution in [0.5, 0.6) is 5.75 Å². The van der Waals surface area contributed by atoms with Crippen molar-refractivity contribution in [1.29, 1.82) is 0 Å². The lowest BCUT2D eigenvalue weighted by Crippen LogP contribution is -2.41. The first-order valence-corrected chi connectivity index (χ1v) is 15.4. The van der Waals surface area contributed by atoms with E-state index in [9.17, 15) is 14.4 Å². The Bertz CT molecular complexity index is 1590. The third kappa shape index (κ3) is 7.36. The van der Waals surface area contributed by atoms with E-state index in [1.807, 2.05) is 35.7 Å². The largest absolute Gasteiger partial charge is 0.490 e. The summed E-state index contributed by atoms with van der Waals surface area (Å²) >= 11 is 1.48. The number of rotatable bonds is 9. The number of hydrogen-bond donors (Lipinski definition) is 2. The number of ether oxygens (including phenoxy) is 1. The predicted octanol–water partition coefficient (Wildman–Crippen LogP) is 4.52. The number of aromatic nitrogens is 3. The van der Waals surface area contributed by atoms with Crippen molar-refractivity contribution < 1.29 is 19.1 Å². The monoisotopic (exact) mass is 598 g/mol. The van der Waals surface area contributed by atoms with Crippen LogP contribution in [0, 0.1) is 6.92 Å². The van der Waals surface area contributed by atoms with E-state index in [2.05, 4.69) is 57.0 Å². The van der Waals surface area contributed by atoms with E-state index in [4.69, 9.17) is 4.74 Å². The van der Waals surface area contributed by atoms with Gasteiger partial charge in [-0.25, -0.2) is 4.68 Å². The summed E-state index contributed by atoms with van der Waals surface area (Å²) in [5.74, 6) is 0.212. The second kappa shape index (κ2) is 12.9. The molecule has 2 aliphatic heterocycles. The van der Waals surface area contributed by atoms with Crippen LogP contribution in [-0.4, -0.2) is 56.8 Å². The summed E-state index contributed by atoms with van der Waals surface area (Å²) < 4.78 is 7.66. The van der Waals surface area contributed by atoms with Gasteiger partial charge in [0.25, 0.3) is 5.91 Å². The number of carbonyl (C=O) groups excluding carboxylic acids is 3. The van der Waals surface area contributed by atoms with Gasteiger partial charge in [0, 0.05) is 47.6 Å². The van der Waals surface area contributed by atoms with Crippen molar-refractivity contribution in [3.63, 3.8) is 0 Å². The first-order valence-electron chi connectivity index (χ1n) is 14.6. The fraction of sp³-hybridized carbons (Fsp3) is 0.344. The molecule has 0 saturated carbocycles. The van der Waals surface area contributed by atoms with Gasteiger partial charge < -0.3 is 10.1 Å². The van der Waals surface area contributed by atoms with Crippen molar-refractivity contribution in [2.45, 2.75) is 57.7 Å². The van der Waals surface area contributed by atoms with Gasteiger partial charge in [-0.3, -0.25) is 24.6 Å². The molecule has 43 heavy (non-hydrogen) atoms. The second-order valence-electron chi connectivity index (χ2n) is 11.2. The lowest BCUT2D eigenvalue weighted by atomic mass is 10.1. The first kappa shape index (κ1) is 28.8. The van der Waals surface area contributed by atoms with Crippen molar-refractivity contribution in [1.82, 2.24) is 25.2 Å². The molecule has 0 bridgehead atoms. The molecule has 1 atom stereocenters. The summed E-state index contributed by atoms with van der Waals surface area (Å²) in [6.07, 6.45) is 4.88. The predicted molar refractivity (Wildman–Crippen MR) is 164 cm³/mol. The Labute approximate surface area is 254 Å². The average Bonchev–Trinajstić information content (AvgIpc) is 3.66. The van der Waals surface area contributed by atoms with Gasteiger partial charge in [-0.15, -0.1) is 16.4 Å². The number of nitrogens with zero attached hydrogens (tertiary/aromatic N) is 4. The lowest BCUT2D eigenvalue weighted by Gasteiger charge is -2.32. The third-order valence-electron chi connectivity index (χ3n) is 7.83. The summed E-state index contributed by atoms with van der Waals surface area (Å²) in [5, 5.41) is 15.5. The first-order chi connectivity index (χ1) is 20.9. The van der Waals surface area contributed by atoms with Crippen LogP contribution in [0.4, 0.5) is 5.69 Å². The third-order valence-corrected chi connectivity index (χ3v) is 8.76. The van der Waals surface area contributed by atoms with Crippen LogP contribution >= 0.6 is 11.3 Å². The molecule has 0 radical (unpaired) electrons. The molecule has 2 fully saturated rings. The number of thiophene rings is 1. The van der Waals surface area contributed by atoms with Crippen LogP contribution in [0.15, 0.2) is 66.2 Å². The van der Waals surface area contributed by atoms with Crippen LogP contribution in [0.2, 0.25) is 0 Å². The van der Waals surface area contributed by atoms with E-state index in [0.717, 1.165) is 54.4 Å². The second-order valence-corrected chi connectivity index (χ2v) is 12.2. The van der Waals surface area contributed by atoms with Crippen molar-refractivity contribution in [3.8, 4) is 17.0 Å². The number of benzene rings is 2. The minimum absolute atomic E-state index is 0.0935. The number of carbonyl (C=O) groups is 3. The van der Waals surface area contributed by atoms with Gasteiger partial charge in [-0.05, 0) is 62.1 Å². The molecule has 2 aromatic heterocycles. The molecular formula is C32H34N6O4S. The molecule has 4 heterocycles. The van der Waals surface area contributed by atoms with Gasteiger partial charge in [-0.2, -0.15) is 0 Å². The molecule has 222 valence electrons. The molecule has 0 aliphatic carbocycles. The highest BCUT2D eigenvalue weighted by Gasteiger charge is 2.29. The van der Waals surface area contributed by atoms with Crippen LogP contribution in [0.25, 0.3) is 11.3 Å². The van der Waals surface area contributed by atoms with Gasteiger partial charge in [0.15, 0.2) is 0 Å². The number of imide groups is 1. The molecule has 11 heteroatoms. The van der Waals surface area contributed by atoms with Crippen molar-refractivity contribution in [2.75, 3.05) is 18.4 Å². The fourth-order valence-corrected chi connectivity index (χ4v) is 6.29. The highest BCUT2D eigenvalue weighted by Crippen LogP contribution is 2.27. The standard InChI is InChI=1S/C32H34N6O4S/c1-21-2-8-25(9-3-21)42-26-12-14-37(15-13-26)18-22-4-6-24(7-5-22)33-31(40)17-27-16-23(20-43-27)28-19-38(36-35-28)29-10-11-30(39)34-32(29)41/h2-9,16,19-20,26,29H,10-15,17-18H2,1H3,(H,33,40)(H,34,39,41). The molecule has 2 N–H and O–H groups in total. The number of anilines is 1. The van der Waals surface area contributed by atoms with E-state index < -0.39 is 6.04 Å². The maximum Gasteiger partial charge on any atom is 0.251 e. The molecule has 4 aromatic rings. The van der Waals surface area contributed by atoms with Crippen molar-refractivity contribution >= 4 is 34.7 Å². The van der Waals surface area contributed by atoms with E-state index >= 15 is 0 Å². The van der Waals surface area contributed by atoms with Crippen molar-refractivity contribution in [2.24, 2.45) is 0 Å². The van der Waals surface area contributed by atoms with Crippen molar-refractivity contribution in [3.05, 3.63) is 82.2 Å². The number of piperidine rings is 2. The van der Waals surface area contributed by atoms with Gasteiger partial charge in [-0.1, -0.05) is 35.0 Å². The Balaban J connectivity index is 0.954. The molecular weight excluding hydrogens is 564 g/mol. The van der Waals surface area contributed by atoms with E-state index in [0.29, 0.717) is 12.1 Å². The van der Waals surface area contributed by atoms with Crippen LogP contribution in [0.3, 0.4) is 0 Å². The number of aryl methyl sites for hydroxylation is 1. The Hall–Kier alpha value is -4.35. The Morgan fingerprint density at radius 3 is 2.58 bits per heavy atom. The maximum absolute atomic E-state index is 12.8. The maximum atomic E-state index is 12.8. The normalized spacial score (nSPS) is 17.9. The van der Waals surface area contributed by atoms with Crippen LogP contribution in [-0.2, 0) is 27.3 Å². The molecule has 6 rings (SSSR count). The van der Waals surface area contributed by atoms with E-state index in [1.165, 1.54) is 27.1 Å². The molecule has 1 unspecified atom stereocenters. The molecule has 2 aliphatic rings. The molecule has 3 amide bonds. The SMILES string of the molecule is Cc1ccc(OC2CCN(Cc3ccc(NC(=O)Cc4cc(-c5cn(C6CCC(=O)NC6=O)nn5)cs4)cc3)CC2)cc1. The number of likely N-dealkylation sites (tertiary alicyclic amines) is 1. The quantitative estimate of drug-likeness (QED) is 0.272. The Kier molecular flexibility index (Phi) is 8.62. The zero-order valence-electron chi connectivity index (χ0n) is 24.0. The zero-order chi connectivity index (χ0) is 29.8. The summed E-state index contributed by atoms with van der Waals surface area (Å²) in [7, 11) is 0. The van der Waals surface area contributed by atoms with Gasteiger partial charge in [0.05, 0.1) is 12.6 Å². The molecule has 2 saturated heterocycles. The van der Waals surface area contributed by atoms with E-state index in [1.54, 1.807) is 6.20 Å². The van der Waals surface area contributed by atoms with Gasteiger partial charge in [0.2, 0.25) is 11.8 Å². The highest BCUT2D eigenvalue weighted by molar-refractivity contribution is 7.10. The number of nitrogens with one attached hydrogen (secondary N) is 2. The van der Waals surface area contributed by atoms with Gasteiger partial charge >= 0.3 is 0 Å². The number of hydrogen-bond acceptors (Lipinski definition) is 8. The molecule has 10 nitrogen and oxygen atoms in total. The highest BCUT2D eigenvalue weighted by atomic mass is 32.1. The Morgan fingerprint density at radius 2 is 1.84 bits per heavy atom. The number of amides is 3.